The molecule has 0 N–H and O–H groups in total. The maximum atomic E-state index is 10.9. The lowest BCUT2D eigenvalue weighted by molar-refractivity contribution is -0.108. The fourth-order valence-electron chi connectivity index (χ4n) is 4.36. The molecule has 0 bridgehead atoms. The van der Waals surface area contributed by atoms with E-state index >= 15 is 0 Å². The first-order valence-electron chi connectivity index (χ1n) is 11.6. The molecule has 0 saturated heterocycles. The zero-order valence-corrected chi connectivity index (χ0v) is 19.7. The topological polar surface area (TPSA) is 48.4 Å². The quantitative estimate of drug-likeness (QED) is 0.251. The average Bonchev–Trinajstić information content (AvgIpc) is 3.45. The van der Waals surface area contributed by atoms with Crippen LogP contribution >= 0.6 is 11.3 Å². The highest BCUT2D eigenvalue weighted by atomic mass is 32.1. The fraction of sp³-hybridized carbons (Fsp3) is 0.407. The summed E-state index contributed by atoms with van der Waals surface area (Å²) in [7, 11) is 0. The lowest BCUT2D eigenvalue weighted by Crippen LogP contribution is -2.10. The number of ether oxygens (including phenoxy) is 2. The minimum atomic E-state index is 0.373. The van der Waals surface area contributed by atoms with Gasteiger partial charge < -0.3 is 14.3 Å². The highest BCUT2D eigenvalue weighted by Crippen LogP contribution is 2.36. The van der Waals surface area contributed by atoms with E-state index in [4.69, 9.17) is 14.5 Å². The molecule has 32 heavy (non-hydrogen) atoms. The first kappa shape index (κ1) is 22.5. The molecule has 4 rings (SSSR count). The van der Waals surface area contributed by atoms with Gasteiger partial charge in [0.05, 0.1) is 5.69 Å². The van der Waals surface area contributed by atoms with Crippen molar-refractivity contribution >= 4 is 17.6 Å². The predicted molar refractivity (Wildman–Crippen MR) is 130 cm³/mol. The van der Waals surface area contributed by atoms with Gasteiger partial charge in [-0.3, -0.25) is 0 Å². The first-order chi connectivity index (χ1) is 15.7. The predicted octanol–water partition coefficient (Wildman–Crippen LogP) is 6.40. The first-order valence-corrected chi connectivity index (χ1v) is 12.5. The summed E-state index contributed by atoms with van der Waals surface area (Å²) < 4.78 is 12.0. The second-order valence-electron chi connectivity index (χ2n) is 8.27. The van der Waals surface area contributed by atoms with Crippen molar-refractivity contribution in [2.45, 2.75) is 58.3 Å². The fourth-order valence-corrected chi connectivity index (χ4v) is 5.26. The summed E-state index contributed by atoms with van der Waals surface area (Å²) in [5.41, 5.74) is 6.14. The number of rotatable bonds is 11. The average molecular weight is 450 g/mol. The molecular formula is C27H31NO3S. The van der Waals surface area contributed by atoms with E-state index in [1.807, 2.05) is 6.07 Å². The highest BCUT2D eigenvalue weighted by Gasteiger charge is 2.22. The van der Waals surface area contributed by atoms with Gasteiger partial charge in [-0.1, -0.05) is 26.3 Å². The molecule has 2 aromatic carbocycles. The van der Waals surface area contributed by atoms with Crippen molar-refractivity contribution in [1.29, 1.82) is 0 Å². The van der Waals surface area contributed by atoms with Crippen LogP contribution in [0.25, 0.3) is 10.6 Å². The van der Waals surface area contributed by atoms with Crippen molar-refractivity contribution in [3.05, 3.63) is 64.2 Å². The molecule has 0 radical (unpaired) electrons. The van der Waals surface area contributed by atoms with Crippen molar-refractivity contribution in [2.75, 3.05) is 13.2 Å². The molecule has 1 atom stereocenters. The number of hydrogen-bond acceptors (Lipinski definition) is 5. The van der Waals surface area contributed by atoms with Gasteiger partial charge in [-0.25, -0.2) is 4.98 Å². The molecule has 168 valence electrons. The molecule has 1 aliphatic carbocycles. The third-order valence-corrected chi connectivity index (χ3v) is 6.99. The third kappa shape index (κ3) is 5.21. The minimum absolute atomic E-state index is 0.373. The van der Waals surface area contributed by atoms with Crippen LogP contribution in [0, 0.1) is 0 Å². The van der Waals surface area contributed by atoms with Gasteiger partial charge in [0.25, 0.3) is 0 Å². The second kappa shape index (κ2) is 10.8. The Kier molecular flexibility index (Phi) is 7.59. The number of hydrogen-bond donors (Lipinski definition) is 0. The van der Waals surface area contributed by atoms with Gasteiger partial charge in [0.2, 0.25) is 0 Å². The molecule has 3 aromatic rings. The van der Waals surface area contributed by atoms with Gasteiger partial charge in [0.1, 0.15) is 36.0 Å². The second-order valence-corrected chi connectivity index (χ2v) is 9.12. The number of aryl methyl sites for hydroxylation is 3. The van der Waals surface area contributed by atoms with Crippen molar-refractivity contribution < 1.29 is 14.3 Å². The summed E-state index contributed by atoms with van der Waals surface area (Å²) in [4.78, 5) is 15.6. The number of thiazole rings is 1. The van der Waals surface area contributed by atoms with Crippen LogP contribution in [-0.4, -0.2) is 24.5 Å². The van der Waals surface area contributed by atoms with E-state index in [2.05, 4.69) is 49.6 Å². The number of aldehydes is 1. The molecule has 0 saturated carbocycles. The summed E-state index contributed by atoms with van der Waals surface area (Å²) in [5, 5.41) is 3.21. The molecule has 1 heterocycles. The Bertz CT molecular complexity index is 1060. The lowest BCUT2D eigenvalue weighted by Gasteiger charge is -2.14. The van der Waals surface area contributed by atoms with Gasteiger partial charge in [-0.05, 0) is 78.6 Å². The number of carbonyl (C=O) groups excluding carboxylic acids is 1. The van der Waals surface area contributed by atoms with Crippen LogP contribution < -0.4 is 9.47 Å². The summed E-state index contributed by atoms with van der Waals surface area (Å²) in [6, 6.07) is 12.6. The molecule has 0 amide bonds. The van der Waals surface area contributed by atoms with E-state index in [-0.39, 0.29) is 0 Å². The number of carbonyl (C=O) groups is 1. The molecule has 0 fully saturated rings. The van der Waals surface area contributed by atoms with E-state index in [0.29, 0.717) is 25.6 Å². The molecule has 1 aromatic heterocycles. The molecule has 0 spiro atoms. The SMILES string of the molecule is CCCc1cc(-c2nc(CC)cs2)ccc1OCCOc1ccc2c(c1)CCC2CC=O. The monoisotopic (exact) mass is 449 g/mol. The van der Waals surface area contributed by atoms with Crippen molar-refractivity contribution in [3.63, 3.8) is 0 Å². The van der Waals surface area contributed by atoms with Gasteiger partial charge >= 0.3 is 0 Å². The van der Waals surface area contributed by atoms with Crippen LogP contribution in [0.2, 0.25) is 0 Å². The Balaban J connectivity index is 1.35. The zero-order valence-electron chi connectivity index (χ0n) is 18.9. The molecule has 4 nitrogen and oxygen atoms in total. The maximum Gasteiger partial charge on any atom is 0.123 e. The van der Waals surface area contributed by atoms with Crippen LogP contribution in [-0.2, 0) is 24.1 Å². The van der Waals surface area contributed by atoms with Crippen molar-refractivity contribution in [3.8, 4) is 22.1 Å². The van der Waals surface area contributed by atoms with E-state index < -0.39 is 0 Å². The summed E-state index contributed by atoms with van der Waals surface area (Å²) >= 11 is 1.70. The van der Waals surface area contributed by atoms with Crippen LogP contribution in [0.5, 0.6) is 11.5 Å². The van der Waals surface area contributed by atoms with Gasteiger partial charge in [-0.15, -0.1) is 11.3 Å². The lowest BCUT2D eigenvalue weighted by atomic mass is 9.99. The largest absolute Gasteiger partial charge is 0.490 e. The van der Waals surface area contributed by atoms with Gasteiger partial charge in [0.15, 0.2) is 0 Å². The van der Waals surface area contributed by atoms with Crippen molar-refractivity contribution in [2.24, 2.45) is 0 Å². The van der Waals surface area contributed by atoms with E-state index in [9.17, 15) is 4.79 Å². The highest BCUT2D eigenvalue weighted by molar-refractivity contribution is 7.13. The maximum absolute atomic E-state index is 10.9. The molecule has 5 heteroatoms. The summed E-state index contributed by atoms with van der Waals surface area (Å²) in [5.74, 6) is 2.17. The van der Waals surface area contributed by atoms with Crippen LogP contribution in [0.4, 0.5) is 0 Å². The van der Waals surface area contributed by atoms with E-state index in [1.165, 1.54) is 16.7 Å². The van der Waals surface area contributed by atoms with Gasteiger partial charge in [-0.2, -0.15) is 0 Å². The molecule has 1 unspecified atom stereocenters. The Morgan fingerprint density at radius 2 is 2.00 bits per heavy atom. The molecular weight excluding hydrogens is 418 g/mol. The smallest absolute Gasteiger partial charge is 0.123 e. The molecule has 0 aliphatic heterocycles. The zero-order chi connectivity index (χ0) is 22.3. The summed E-state index contributed by atoms with van der Waals surface area (Å²) in [6.07, 6.45) is 6.72. The number of benzene rings is 2. The van der Waals surface area contributed by atoms with Crippen LogP contribution in [0.15, 0.2) is 41.8 Å². The number of fused-ring (bicyclic) bond motifs is 1. The number of nitrogens with zero attached hydrogens (tertiary/aromatic N) is 1. The standard InChI is InChI=1S/C27H31NO3S/c1-3-5-21-16-22(27-28-23(4-2)18-32-27)8-11-26(21)31-15-14-30-24-9-10-25-19(12-13-29)6-7-20(25)17-24/h8-11,13,16-19H,3-7,12,14-15H2,1-2H3. The number of aromatic nitrogens is 1. The minimum Gasteiger partial charge on any atom is -0.490 e. The van der Waals surface area contributed by atoms with Crippen LogP contribution in [0.1, 0.15) is 61.4 Å². The Labute approximate surface area is 194 Å². The van der Waals surface area contributed by atoms with Crippen molar-refractivity contribution in [1.82, 2.24) is 4.98 Å². The third-order valence-electron chi connectivity index (χ3n) is 6.05. The Hall–Kier alpha value is -2.66. The Morgan fingerprint density at radius 3 is 2.78 bits per heavy atom. The van der Waals surface area contributed by atoms with E-state index in [1.54, 1.807) is 11.3 Å². The van der Waals surface area contributed by atoms with E-state index in [0.717, 1.165) is 66.2 Å². The molecule has 1 aliphatic rings. The summed E-state index contributed by atoms with van der Waals surface area (Å²) in [6.45, 7) is 5.31. The normalized spacial score (nSPS) is 14.9. The van der Waals surface area contributed by atoms with Gasteiger partial charge in [0, 0.05) is 17.4 Å². The van der Waals surface area contributed by atoms with Crippen LogP contribution in [0.3, 0.4) is 0 Å². The Morgan fingerprint density at radius 1 is 1.12 bits per heavy atom.